The van der Waals surface area contributed by atoms with E-state index in [2.05, 4.69) is 15.0 Å². The van der Waals surface area contributed by atoms with Crippen LogP contribution in [0.15, 0.2) is 12.7 Å². The molecule has 1 fully saturated rings. The monoisotopic (exact) mass is 311 g/mol. The Morgan fingerprint density at radius 2 is 2.33 bits per heavy atom. The Morgan fingerprint density at radius 1 is 1.52 bits per heavy atom. The van der Waals surface area contributed by atoms with Crippen LogP contribution in [-0.2, 0) is 10.5 Å². The van der Waals surface area contributed by atoms with Gasteiger partial charge in [-0.25, -0.2) is 15.0 Å². The molecule has 2 aromatic heterocycles. The molecule has 9 heteroatoms. The molecule has 0 aliphatic carbocycles. The maximum absolute atomic E-state index is 10.1. The van der Waals surface area contributed by atoms with E-state index >= 15 is 0 Å². The largest absolute Gasteiger partial charge is 0.394 e. The molecule has 0 amide bonds. The molecule has 3 atom stereocenters. The molecule has 114 valence electrons. The van der Waals surface area contributed by atoms with Crippen molar-refractivity contribution in [3.8, 4) is 0 Å². The minimum absolute atomic E-state index is 0.235. The highest BCUT2D eigenvalue weighted by Gasteiger charge is 2.47. The minimum Gasteiger partial charge on any atom is -0.394 e. The van der Waals surface area contributed by atoms with Crippen molar-refractivity contribution >= 4 is 28.7 Å². The summed E-state index contributed by atoms with van der Waals surface area (Å²) in [5, 5.41) is 19.4. The Morgan fingerprint density at radius 3 is 3.00 bits per heavy atom. The van der Waals surface area contributed by atoms with Gasteiger partial charge in [-0.1, -0.05) is 0 Å². The van der Waals surface area contributed by atoms with Gasteiger partial charge < -0.3 is 20.7 Å². The first kappa shape index (κ1) is 14.5. The van der Waals surface area contributed by atoms with Gasteiger partial charge in [0.2, 0.25) is 0 Å². The Kier molecular flexibility index (Phi) is 3.74. The van der Waals surface area contributed by atoms with E-state index in [0.717, 1.165) is 0 Å². The van der Waals surface area contributed by atoms with Crippen molar-refractivity contribution in [1.29, 1.82) is 0 Å². The molecule has 21 heavy (non-hydrogen) atoms. The third kappa shape index (κ3) is 2.26. The molecule has 8 nitrogen and oxygen atoms in total. The number of ether oxygens (including phenoxy) is 1. The van der Waals surface area contributed by atoms with Crippen LogP contribution in [0, 0.1) is 0 Å². The zero-order valence-corrected chi connectivity index (χ0v) is 12.3. The normalized spacial score (nSPS) is 29.3. The van der Waals surface area contributed by atoms with Crippen LogP contribution >= 0.6 is 11.8 Å². The molecule has 4 N–H and O–H groups in total. The topological polar surface area (TPSA) is 119 Å². The smallest absolute Gasteiger partial charge is 0.167 e. The van der Waals surface area contributed by atoms with Crippen LogP contribution in [0.3, 0.4) is 0 Å². The van der Waals surface area contributed by atoms with Crippen molar-refractivity contribution in [3.63, 3.8) is 0 Å². The Labute approximate surface area is 125 Å². The lowest BCUT2D eigenvalue weighted by Crippen LogP contribution is -2.36. The van der Waals surface area contributed by atoms with Crippen molar-refractivity contribution in [3.05, 3.63) is 12.7 Å². The molecule has 1 aliphatic heterocycles. The number of nitrogen functional groups attached to an aromatic ring is 1. The van der Waals surface area contributed by atoms with Crippen LogP contribution in [0.4, 0.5) is 5.82 Å². The third-order valence-electron chi connectivity index (χ3n) is 3.68. The predicted octanol–water partition coefficient (Wildman–Crippen LogP) is -0.434. The van der Waals surface area contributed by atoms with Gasteiger partial charge in [-0.2, -0.15) is 11.8 Å². The molecule has 0 saturated carbocycles. The van der Waals surface area contributed by atoms with E-state index < -0.39 is 17.9 Å². The minimum atomic E-state index is -0.804. The van der Waals surface area contributed by atoms with Gasteiger partial charge in [0.15, 0.2) is 17.2 Å². The second-order valence-electron chi connectivity index (χ2n) is 5.04. The molecule has 2 aromatic rings. The Hall–Kier alpha value is -1.42. The molecule has 1 aliphatic rings. The highest BCUT2D eigenvalue weighted by Crippen LogP contribution is 2.39. The van der Waals surface area contributed by atoms with Gasteiger partial charge in [-0.3, -0.25) is 4.57 Å². The van der Waals surface area contributed by atoms with Gasteiger partial charge in [-0.05, 0) is 6.26 Å². The third-order valence-corrected chi connectivity index (χ3v) is 4.42. The average Bonchev–Trinajstić information content (AvgIpc) is 3.02. The second-order valence-corrected chi connectivity index (χ2v) is 5.90. The lowest BCUT2D eigenvalue weighted by atomic mass is 10.1. The van der Waals surface area contributed by atoms with Crippen LogP contribution in [-0.4, -0.2) is 60.6 Å². The highest BCUT2D eigenvalue weighted by atomic mass is 32.2. The van der Waals surface area contributed by atoms with Gasteiger partial charge in [-0.15, -0.1) is 0 Å². The second kappa shape index (κ2) is 5.41. The summed E-state index contributed by atoms with van der Waals surface area (Å²) in [6.45, 7) is -0.235. The van der Waals surface area contributed by atoms with Gasteiger partial charge in [0.05, 0.1) is 19.0 Å². The molecule has 0 bridgehead atoms. The summed E-state index contributed by atoms with van der Waals surface area (Å²) < 4.78 is 7.72. The van der Waals surface area contributed by atoms with E-state index in [1.165, 1.54) is 6.33 Å². The first-order valence-electron chi connectivity index (χ1n) is 6.51. The summed E-state index contributed by atoms with van der Waals surface area (Å²) in [5.74, 6) is 0.894. The van der Waals surface area contributed by atoms with Crippen molar-refractivity contribution in [2.75, 3.05) is 24.3 Å². The molecule has 0 unspecified atom stereocenters. The number of anilines is 1. The summed E-state index contributed by atoms with van der Waals surface area (Å²) >= 11 is 1.58. The number of fused-ring (bicyclic) bond motifs is 1. The fraction of sp³-hybridized carbons (Fsp3) is 0.583. The summed E-state index contributed by atoms with van der Waals surface area (Å²) in [6, 6.07) is 0. The molecule has 3 heterocycles. The van der Waals surface area contributed by atoms with Crippen LogP contribution in [0.1, 0.15) is 6.42 Å². The number of nitrogens with zero attached hydrogens (tertiary/aromatic N) is 4. The zero-order chi connectivity index (χ0) is 15.0. The number of aliphatic hydroxyl groups is 2. The number of imidazole rings is 1. The predicted molar refractivity (Wildman–Crippen MR) is 78.7 cm³/mol. The zero-order valence-electron chi connectivity index (χ0n) is 11.5. The van der Waals surface area contributed by atoms with Crippen LogP contribution in [0.5, 0.6) is 0 Å². The van der Waals surface area contributed by atoms with Gasteiger partial charge >= 0.3 is 0 Å². The van der Waals surface area contributed by atoms with E-state index in [0.29, 0.717) is 29.2 Å². The molecular weight excluding hydrogens is 294 g/mol. The average molecular weight is 311 g/mol. The maximum atomic E-state index is 10.1. The van der Waals surface area contributed by atoms with Gasteiger partial charge in [0.1, 0.15) is 17.9 Å². The number of aromatic nitrogens is 4. The lowest BCUT2D eigenvalue weighted by molar-refractivity contribution is -0.100. The number of aliphatic hydroxyl groups excluding tert-OH is 2. The van der Waals surface area contributed by atoms with Crippen molar-refractivity contribution in [2.45, 2.75) is 24.4 Å². The lowest BCUT2D eigenvalue weighted by Gasteiger charge is -2.30. The summed E-state index contributed by atoms with van der Waals surface area (Å²) in [7, 11) is 0. The van der Waals surface area contributed by atoms with E-state index in [-0.39, 0.29) is 6.61 Å². The maximum Gasteiger partial charge on any atom is 0.167 e. The molecule has 3 rings (SSSR count). The SMILES string of the molecule is CSC[C@]1(n2cnc3c(N)ncnc32)C[C@H](O)[C@@H](CO)O1. The van der Waals surface area contributed by atoms with Crippen molar-refractivity contribution < 1.29 is 14.9 Å². The molecule has 0 spiro atoms. The number of hydrogen-bond acceptors (Lipinski definition) is 8. The molecule has 0 aromatic carbocycles. The molecule has 0 radical (unpaired) electrons. The summed E-state index contributed by atoms with van der Waals surface area (Å²) in [5.41, 5.74) is 6.06. The molecule has 1 saturated heterocycles. The van der Waals surface area contributed by atoms with E-state index in [4.69, 9.17) is 10.5 Å². The fourth-order valence-electron chi connectivity index (χ4n) is 2.72. The van der Waals surface area contributed by atoms with E-state index in [1.54, 1.807) is 22.7 Å². The summed E-state index contributed by atoms with van der Waals surface area (Å²) in [6.07, 6.45) is 3.92. The van der Waals surface area contributed by atoms with Crippen LogP contribution in [0.25, 0.3) is 11.2 Å². The quantitative estimate of drug-likeness (QED) is 0.695. The van der Waals surface area contributed by atoms with Gasteiger partial charge in [0, 0.05) is 12.2 Å². The summed E-state index contributed by atoms with van der Waals surface area (Å²) in [4.78, 5) is 12.4. The highest BCUT2D eigenvalue weighted by molar-refractivity contribution is 7.98. The molecular formula is C12H17N5O3S. The van der Waals surface area contributed by atoms with E-state index in [1.807, 2.05) is 6.26 Å². The number of rotatable bonds is 4. The van der Waals surface area contributed by atoms with Crippen LogP contribution < -0.4 is 5.73 Å². The van der Waals surface area contributed by atoms with Crippen molar-refractivity contribution in [2.24, 2.45) is 0 Å². The number of hydrogen-bond donors (Lipinski definition) is 3. The van der Waals surface area contributed by atoms with E-state index in [9.17, 15) is 10.2 Å². The van der Waals surface area contributed by atoms with Crippen molar-refractivity contribution in [1.82, 2.24) is 19.5 Å². The number of nitrogens with two attached hydrogens (primary N) is 1. The first-order valence-corrected chi connectivity index (χ1v) is 7.90. The fourth-order valence-corrected chi connectivity index (χ4v) is 3.50. The van der Waals surface area contributed by atoms with Crippen LogP contribution in [0.2, 0.25) is 0 Å². The van der Waals surface area contributed by atoms with Gasteiger partial charge in [0.25, 0.3) is 0 Å². The first-order chi connectivity index (χ1) is 10.1. The number of thioether (sulfide) groups is 1. The standard InChI is InChI=1S/C12H17N5O3S/c1-21-4-12(2-7(19)8(3-18)20-12)17-6-16-9-10(13)14-5-15-11(9)17/h5-8,18-19H,2-4H2,1H3,(H2,13,14,15)/t7-,8+,12-/m0/s1. The Balaban J connectivity index is 2.10. The Bertz CT molecular complexity index is 651.